The lowest BCUT2D eigenvalue weighted by Crippen LogP contribution is -2.29. The Hall–Kier alpha value is -0.610. The van der Waals surface area contributed by atoms with Gasteiger partial charge in [0.15, 0.2) is 0 Å². The van der Waals surface area contributed by atoms with Crippen LogP contribution in [-0.4, -0.2) is 39.3 Å². The second-order valence-electron chi connectivity index (χ2n) is 3.41. The molecule has 0 aromatic carbocycles. The molecule has 4 nitrogen and oxygen atoms in total. The summed E-state index contributed by atoms with van der Waals surface area (Å²) in [4.78, 5) is 11.3. The number of methoxy groups -OCH3 is 1. The van der Waals surface area contributed by atoms with Gasteiger partial charge in [-0.05, 0) is 25.4 Å². The molecule has 0 aromatic heterocycles. The summed E-state index contributed by atoms with van der Waals surface area (Å²) in [6, 6.07) is 0. The summed E-state index contributed by atoms with van der Waals surface area (Å²) in [6.07, 6.45) is 1.77. The molecule has 2 N–H and O–H groups in total. The number of rotatable bonds is 5. The summed E-state index contributed by atoms with van der Waals surface area (Å²) in [5.41, 5.74) is 0. The molecule has 76 valence electrons. The molecule has 1 amide bonds. The molecule has 4 heteroatoms. The summed E-state index contributed by atoms with van der Waals surface area (Å²) >= 11 is 0. The molecule has 1 heterocycles. The Bertz CT molecular complexity index is 156. The van der Waals surface area contributed by atoms with E-state index in [4.69, 9.17) is 4.74 Å². The first kappa shape index (κ1) is 10.5. The molecule has 0 radical (unpaired) electrons. The number of ether oxygens (including phenoxy) is 1. The lowest BCUT2D eigenvalue weighted by Gasteiger charge is -2.08. The van der Waals surface area contributed by atoms with Crippen LogP contribution in [0.2, 0.25) is 0 Å². The van der Waals surface area contributed by atoms with Crippen LogP contribution in [0.15, 0.2) is 0 Å². The lowest BCUT2D eigenvalue weighted by molar-refractivity contribution is -0.122. The van der Waals surface area contributed by atoms with Gasteiger partial charge in [0.05, 0.1) is 6.61 Å². The number of carbonyl (C=O) groups is 1. The summed E-state index contributed by atoms with van der Waals surface area (Å²) in [5.74, 6) is 0.674. The van der Waals surface area contributed by atoms with Crippen molar-refractivity contribution in [1.82, 2.24) is 10.6 Å². The third-order valence-electron chi connectivity index (χ3n) is 2.26. The fourth-order valence-corrected chi connectivity index (χ4v) is 1.52. The standard InChI is InChI=1S/C9H18N2O2/c1-13-5-4-11-9(12)6-8-2-3-10-7-8/h8,10H,2-7H2,1H3,(H,11,12). The predicted molar refractivity (Wildman–Crippen MR) is 50.5 cm³/mol. The van der Waals surface area contributed by atoms with E-state index in [1.807, 2.05) is 0 Å². The van der Waals surface area contributed by atoms with E-state index in [9.17, 15) is 4.79 Å². The third kappa shape index (κ3) is 4.24. The highest BCUT2D eigenvalue weighted by Gasteiger charge is 2.17. The van der Waals surface area contributed by atoms with Gasteiger partial charge in [0, 0.05) is 20.1 Å². The molecule has 0 bridgehead atoms. The smallest absolute Gasteiger partial charge is 0.220 e. The van der Waals surface area contributed by atoms with Crippen LogP contribution in [0.3, 0.4) is 0 Å². The molecule has 1 aliphatic rings. The van der Waals surface area contributed by atoms with Crippen molar-refractivity contribution in [2.24, 2.45) is 5.92 Å². The molecule has 0 aliphatic carbocycles. The van der Waals surface area contributed by atoms with E-state index in [-0.39, 0.29) is 5.91 Å². The second-order valence-corrected chi connectivity index (χ2v) is 3.41. The first-order valence-corrected chi connectivity index (χ1v) is 4.79. The molecule has 0 spiro atoms. The molecular weight excluding hydrogens is 168 g/mol. The zero-order chi connectivity index (χ0) is 9.52. The van der Waals surface area contributed by atoms with Gasteiger partial charge >= 0.3 is 0 Å². The van der Waals surface area contributed by atoms with Gasteiger partial charge in [-0.2, -0.15) is 0 Å². The molecule has 1 atom stereocenters. The zero-order valence-electron chi connectivity index (χ0n) is 8.14. The van der Waals surface area contributed by atoms with Crippen molar-refractivity contribution in [2.45, 2.75) is 12.8 Å². The van der Waals surface area contributed by atoms with Gasteiger partial charge in [0.25, 0.3) is 0 Å². The zero-order valence-corrected chi connectivity index (χ0v) is 8.14. The molecule has 1 rings (SSSR count). The summed E-state index contributed by atoms with van der Waals surface area (Å²) < 4.78 is 4.84. The second kappa shape index (κ2) is 5.94. The highest BCUT2D eigenvalue weighted by Crippen LogP contribution is 2.11. The SMILES string of the molecule is COCCNC(=O)CC1CCNC1. The van der Waals surface area contributed by atoms with Crippen LogP contribution in [0.4, 0.5) is 0 Å². The van der Waals surface area contributed by atoms with Gasteiger partial charge < -0.3 is 15.4 Å². The summed E-state index contributed by atoms with van der Waals surface area (Å²) in [7, 11) is 1.63. The van der Waals surface area contributed by atoms with Crippen LogP contribution in [0.5, 0.6) is 0 Å². The van der Waals surface area contributed by atoms with E-state index in [1.54, 1.807) is 7.11 Å². The molecule has 1 saturated heterocycles. The van der Waals surface area contributed by atoms with Crippen molar-refractivity contribution in [2.75, 3.05) is 33.4 Å². The average Bonchev–Trinajstić information content (AvgIpc) is 2.57. The van der Waals surface area contributed by atoms with Crippen molar-refractivity contribution in [3.8, 4) is 0 Å². The molecule has 1 aliphatic heterocycles. The minimum atomic E-state index is 0.144. The summed E-state index contributed by atoms with van der Waals surface area (Å²) in [6.45, 7) is 3.25. The number of hydrogen-bond donors (Lipinski definition) is 2. The Morgan fingerprint density at radius 3 is 3.15 bits per heavy atom. The Balaban J connectivity index is 2.02. The molecule has 13 heavy (non-hydrogen) atoms. The number of carbonyl (C=O) groups excluding carboxylic acids is 1. The van der Waals surface area contributed by atoms with E-state index in [0.717, 1.165) is 19.5 Å². The third-order valence-corrected chi connectivity index (χ3v) is 2.26. The first-order valence-electron chi connectivity index (χ1n) is 4.79. The molecular formula is C9H18N2O2. The van der Waals surface area contributed by atoms with Crippen LogP contribution in [0, 0.1) is 5.92 Å². The molecule has 0 aromatic rings. The predicted octanol–water partition coefficient (Wildman–Crippen LogP) is -0.251. The van der Waals surface area contributed by atoms with E-state index >= 15 is 0 Å². The van der Waals surface area contributed by atoms with Crippen molar-refractivity contribution < 1.29 is 9.53 Å². The van der Waals surface area contributed by atoms with Gasteiger partial charge in [0.2, 0.25) is 5.91 Å². The largest absolute Gasteiger partial charge is 0.383 e. The van der Waals surface area contributed by atoms with E-state index in [0.29, 0.717) is 25.5 Å². The Morgan fingerprint density at radius 2 is 2.54 bits per heavy atom. The highest BCUT2D eigenvalue weighted by molar-refractivity contribution is 5.76. The number of hydrogen-bond acceptors (Lipinski definition) is 3. The molecule has 0 saturated carbocycles. The van der Waals surface area contributed by atoms with Crippen molar-refractivity contribution in [1.29, 1.82) is 0 Å². The number of amides is 1. The van der Waals surface area contributed by atoms with E-state index < -0.39 is 0 Å². The Morgan fingerprint density at radius 1 is 1.69 bits per heavy atom. The van der Waals surface area contributed by atoms with Gasteiger partial charge in [0.1, 0.15) is 0 Å². The maximum Gasteiger partial charge on any atom is 0.220 e. The maximum absolute atomic E-state index is 11.3. The summed E-state index contributed by atoms with van der Waals surface area (Å²) in [5, 5.41) is 6.06. The number of nitrogens with one attached hydrogen (secondary N) is 2. The Kier molecular flexibility index (Phi) is 4.78. The minimum Gasteiger partial charge on any atom is -0.383 e. The molecule has 1 unspecified atom stereocenters. The van der Waals surface area contributed by atoms with Crippen LogP contribution >= 0.6 is 0 Å². The normalized spacial score (nSPS) is 21.8. The van der Waals surface area contributed by atoms with Crippen molar-refractivity contribution in [3.63, 3.8) is 0 Å². The lowest BCUT2D eigenvalue weighted by atomic mass is 10.0. The Labute approximate surface area is 79.0 Å². The first-order chi connectivity index (χ1) is 6.33. The van der Waals surface area contributed by atoms with Crippen LogP contribution in [-0.2, 0) is 9.53 Å². The maximum atomic E-state index is 11.3. The van der Waals surface area contributed by atoms with Gasteiger partial charge in [-0.3, -0.25) is 4.79 Å². The van der Waals surface area contributed by atoms with Gasteiger partial charge in [-0.25, -0.2) is 0 Å². The monoisotopic (exact) mass is 186 g/mol. The van der Waals surface area contributed by atoms with Crippen LogP contribution < -0.4 is 10.6 Å². The molecule has 1 fully saturated rings. The fourth-order valence-electron chi connectivity index (χ4n) is 1.52. The quantitative estimate of drug-likeness (QED) is 0.582. The fraction of sp³-hybridized carbons (Fsp3) is 0.889. The average molecular weight is 186 g/mol. The van der Waals surface area contributed by atoms with E-state index in [1.165, 1.54) is 0 Å². The van der Waals surface area contributed by atoms with Crippen molar-refractivity contribution >= 4 is 5.91 Å². The van der Waals surface area contributed by atoms with Crippen LogP contribution in [0.25, 0.3) is 0 Å². The van der Waals surface area contributed by atoms with E-state index in [2.05, 4.69) is 10.6 Å². The van der Waals surface area contributed by atoms with Gasteiger partial charge in [-0.15, -0.1) is 0 Å². The highest BCUT2D eigenvalue weighted by atomic mass is 16.5. The topological polar surface area (TPSA) is 50.4 Å². The van der Waals surface area contributed by atoms with Crippen LogP contribution in [0.1, 0.15) is 12.8 Å². The van der Waals surface area contributed by atoms with Crippen molar-refractivity contribution in [3.05, 3.63) is 0 Å². The van der Waals surface area contributed by atoms with Gasteiger partial charge in [-0.1, -0.05) is 0 Å². The minimum absolute atomic E-state index is 0.144.